The molecule has 320 valence electrons. The Morgan fingerprint density at radius 1 is 0.983 bits per heavy atom. The summed E-state index contributed by atoms with van der Waals surface area (Å²) in [4.78, 5) is 78.8. The van der Waals surface area contributed by atoms with Gasteiger partial charge in [-0.3, -0.25) is 14.4 Å². The molecule has 0 aliphatic carbocycles. The van der Waals surface area contributed by atoms with Crippen LogP contribution < -0.4 is 16.2 Å². The topological polar surface area (TPSA) is 171 Å². The Balaban J connectivity index is 1.10. The lowest BCUT2D eigenvalue weighted by molar-refractivity contribution is -0.141. The van der Waals surface area contributed by atoms with Crippen LogP contribution in [0, 0.1) is 0 Å². The minimum absolute atomic E-state index is 0.000466. The first-order valence-electron chi connectivity index (χ1n) is 19.8. The molecule has 2 saturated heterocycles. The number of para-hydroxylation sites is 1. The van der Waals surface area contributed by atoms with Crippen molar-refractivity contribution < 1.29 is 41.8 Å². The number of halogens is 4. The minimum atomic E-state index is -4.83. The summed E-state index contributed by atoms with van der Waals surface area (Å²) in [6.45, 7) is 5.70. The number of aromatic amines is 1. The average Bonchev–Trinajstić information content (AvgIpc) is 3.23. The number of piperidine rings is 1. The van der Waals surface area contributed by atoms with Gasteiger partial charge < -0.3 is 39.8 Å². The molecule has 0 unspecified atom stereocenters. The number of pyridine rings is 2. The van der Waals surface area contributed by atoms with Gasteiger partial charge in [-0.25, -0.2) is 14.6 Å². The fraction of sp³-hybridized carbons (Fsp3) is 0.429. The van der Waals surface area contributed by atoms with Crippen molar-refractivity contribution in [1.82, 2.24) is 24.7 Å². The van der Waals surface area contributed by atoms with E-state index in [0.717, 1.165) is 23.4 Å². The van der Waals surface area contributed by atoms with Crippen LogP contribution >= 0.6 is 11.6 Å². The fourth-order valence-electron chi connectivity index (χ4n) is 7.54. The number of alkyl halides is 3. The van der Waals surface area contributed by atoms with Gasteiger partial charge in [0.25, 0.3) is 11.5 Å². The summed E-state index contributed by atoms with van der Waals surface area (Å²) in [5, 5.41) is 0.534. The number of H-pyrrole nitrogens is 1. The maximum Gasteiger partial charge on any atom is 0.418 e. The van der Waals surface area contributed by atoms with E-state index < -0.39 is 47.9 Å². The molecule has 4 heterocycles. The summed E-state index contributed by atoms with van der Waals surface area (Å²) < 4.78 is 52.8. The van der Waals surface area contributed by atoms with Gasteiger partial charge in [0, 0.05) is 76.4 Å². The number of nitrogens with one attached hydrogen (secondary N) is 1. The Morgan fingerprint density at radius 3 is 2.35 bits per heavy atom. The van der Waals surface area contributed by atoms with Crippen molar-refractivity contribution in [2.75, 3.05) is 69.6 Å². The number of ether oxygens (including phenoxy) is 2. The van der Waals surface area contributed by atoms with E-state index in [-0.39, 0.29) is 72.9 Å². The number of amides is 3. The molecule has 14 nitrogen and oxygen atoms in total. The van der Waals surface area contributed by atoms with Crippen molar-refractivity contribution in [2.45, 2.75) is 57.7 Å². The Hall–Kier alpha value is -5.84. The van der Waals surface area contributed by atoms with E-state index in [2.05, 4.69) is 9.97 Å². The number of nitrogen functional groups attached to an aromatic ring is 1. The SMILES string of the molecule is CCCN(CCOC(=O)c1ccc(N2CCN(C(=O)[C@@H](Cc3cc(Cl)c(N)c(C(F)(F)F)c3)OC(=O)N3CCC(c4cc5ccccc5[nH]c4=O)CC3)CC2)nc1)C(C)=O. The second kappa shape index (κ2) is 19.0. The number of carbonyl (C=O) groups is 4. The molecule has 0 bridgehead atoms. The van der Waals surface area contributed by atoms with E-state index in [1.165, 1.54) is 29.0 Å². The first-order valence-corrected chi connectivity index (χ1v) is 20.2. The third-order valence-electron chi connectivity index (χ3n) is 10.8. The van der Waals surface area contributed by atoms with E-state index in [1.54, 1.807) is 17.0 Å². The number of fused-ring (bicyclic) bond motifs is 1. The van der Waals surface area contributed by atoms with Crippen LogP contribution in [-0.4, -0.2) is 114 Å². The smallest absolute Gasteiger partial charge is 0.418 e. The monoisotopic (exact) mass is 853 g/mol. The molecule has 1 atom stereocenters. The first-order chi connectivity index (χ1) is 28.6. The lowest BCUT2D eigenvalue weighted by Gasteiger charge is -2.37. The molecule has 6 rings (SSSR count). The highest BCUT2D eigenvalue weighted by atomic mass is 35.5. The van der Waals surface area contributed by atoms with Crippen LogP contribution in [0.3, 0.4) is 0 Å². The van der Waals surface area contributed by atoms with Crippen LogP contribution in [0.1, 0.15) is 66.1 Å². The van der Waals surface area contributed by atoms with E-state index in [0.29, 0.717) is 43.9 Å². The van der Waals surface area contributed by atoms with Crippen LogP contribution in [-0.2, 0) is 31.7 Å². The van der Waals surface area contributed by atoms with Crippen molar-refractivity contribution in [2.24, 2.45) is 0 Å². The van der Waals surface area contributed by atoms with Gasteiger partial charge in [-0.2, -0.15) is 13.2 Å². The maximum atomic E-state index is 14.1. The molecule has 2 aromatic heterocycles. The highest BCUT2D eigenvalue weighted by Crippen LogP contribution is 2.38. The van der Waals surface area contributed by atoms with Crippen molar-refractivity contribution >= 4 is 57.9 Å². The molecular weight excluding hydrogens is 807 g/mol. The average molecular weight is 854 g/mol. The number of hydrogen-bond acceptors (Lipinski definition) is 10. The number of carbonyl (C=O) groups excluding carboxylic acids is 4. The standard InChI is InChI=1S/C42H47ClF3N7O7/c1-3-12-50(26(2)54)19-20-59-40(57)30-8-9-36(48-25-30)51-15-17-52(18-16-51)39(56)35(23-27-21-32(42(44,45)46)37(47)33(43)22-27)60-41(58)53-13-10-28(11-14-53)31-24-29-6-4-5-7-34(29)49-38(31)55/h4-9,21-22,24-25,28,35H,3,10-20,23,47H2,1-2H3,(H,49,55)/t35-/m1/s1. The number of aromatic nitrogens is 2. The summed E-state index contributed by atoms with van der Waals surface area (Å²) in [6, 6.07) is 14.5. The summed E-state index contributed by atoms with van der Waals surface area (Å²) >= 11 is 6.12. The normalized spacial score (nSPS) is 15.5. The highest BCUT2D eigenvalue weighted by Gasteiger charge is 2.37. The van der Waals surface area contributed by atoms with Gasteiger partial charge in [0.05, 0.1) is 28.4 Å². The van der Waals surface area contributed by atoms with Gasteiger partial charge in [0.15, 0.2) is 6.10 Å². The summed E-state index contributed by atoms with van der Waals surface area (Å²) in [7, 11) is 0. The molecular formula is C42H47ClF3N7O7. The largest absolute Gasteiger partial charge is 0.460 e. The van der Waals surface area contributed by atoms with Crippen molar-refractivity contribution in [1.29, 1.82) is 0 Å². The molecule has 2 aromatic carbocycles. The summed E-state index contributed by atoms with van der Waals surface area (Å²) in [5.74, 6) is -0.880. The van der Waals surface area contributed by atoms with Crippen molar-refractivity contribution in [3.05, 3.63) is 98.4 Å². The predicted molar refractivity (Wildman–Crippen MR) is 219 cm³/mol. The number of anilines is 2. The number of rotatable bonds is 12. The molecule has 60 heavy (non-hydrogen) atoms. The number of nitrogens with two attached hydrogens (primary N) is 1. The second-order valence-corrected chi connectivity index (χ2v) is 15.3. The number of hydrogen-bond donors (Lipinski definition) is 2. The molecule has 0 saturated carbocycles. The minimum Gasteiger partial charge on any atom is -0.460 e. The third kappa shape index (κ3) is 10.5. The quantitative estimate of drug-likeness (QED) is 0.130. The van der Waals surface area contributed by atoms with Crippen molar-refractivity contribution in [3.8, 4) is 0 Å². The zero-order chi connectivity index (χ0) is 43.1. The lowest BCUT2D eigenvalue weighted by atomic mass is 9.89. The van der Waals surface area contributed by atoms with Gasteiger partial charge in [0.2, 0.25) is 5.91 Å². The van der Waals surface area contributed by atoms with Crippen LogP contribution in [0.15, 0.2) is 65.6 Å². The van der Waals surface area contributed by atoms with Gasteiger partial charge in [-0.05, 0) is 72.5 Å². The highest BCUT2D eigenvalue weighted by molar-refractivity contribution is 6.33. The van der Waals surface area contributed by atoms with Gasteiger partial charge in [-0.1, -0.05) is 36.7 Å². The van der Waals surface area contributed by atoms with E-state index >= 15 is 0 Å². The molecule has 2 aliphatic rings. The van der Waals surface area contributed by atoms with Crippen LogP contribution in [0.2, 0.25) is 5.02 Å². The fourth-order valence-corrected chi connectivity index (χ4v) is 7.78. The molecule has 4 aromatic rings. The molecule has 3 amide bonds. The van der Waals surface area contributed by atoms with Crippen LogP contribution in [0.4, 0.5) is 29.5 Å². The second-order valence-electron chi connectivity index (χ2n) is 14.9. The van der Waals surface area contributed by atoms with Crippen LogP contribution in [0.5, 0.6) is 0 Å². The number of likely N-dealkylation sites (tertiary alicyclic amines) is 1. The van der Waals surface area contributed by atoms with Gasteiger partial charge >= 0.3 is 18.2 Å². The van der Waals surface area contributed by atoms with E-state index in [9.17, 15) is 37.1 Å². The number of esters is 1. The number of piperazine rings is 1. The van der Waals surface area contributed by atoms with Gasteiger partial charge in [0.1, 0.15) is 12.4 Å². The molecule has 2 aliphatic heterocycles. The Labute approximate surface area is 349 Å². The molecule has 0 spiro atoms. The Kier molecular flexibility index (Phi) is 13.9. The zero-order valence-electron chi connectivity index (χ0n) is 33.3. The Morgan fingerprint density at radius 2 is 1.70 bits per heavy atom. The zero-order valence-corrected chi connectivity index (χ0v) is 34.1. The summed E-state index contributed by atoms with van der Waals surface area (Å²) in [5.41, 5.74) is 5.19. The van der Waals surface area contributed by atoms with Crippen LogP contribution in [0.25, 0.3) is 10.9 Å². The lowest BCUT2D eigenvalue weighted by Crippen LogP contribution is -2.53. The molecule has 3 N–H and O–H groups in total. The van der Waals surface area contributed by atoms with E-state index in [4.69, 9.17) is 26.8 Å². The third-order valence-corrected chi connectivity index (χ3v) is 11.2. The first kappa shape index (κ1) is 43.7. The Bertz CT molecular complexity index is 2260. The number of benzene rings is 2. The molecule has 0 radical (unpaired) electrons. The summed E-state index contributed by atoms with van der Waals surface area (Å²) in [6.07, 6.45) is -4.47. The van der Waals surface area contributed by atoms with E-state index in [1.807, 2.05) is 42.2 Å². The van der Waals surface area contributed by atoms with Crippen molar-refractivity contribution in [3.63, 3.8) is 0 Å². The van der Waals surface area contributed by atoms with Gasteiger partial charge in [-0.15, -0.1) is 0 Å². The maximum absolute atomic E-state index is 14.1. The number of nitrogens with zero attached hydrogens (tertiary/aromatic N) is 5. The molecule has 2 fully saturated rings. The predicted octanol–water partition coefficient (Wildman–Crippen LogP) is 5.87. The molecule has 18 heteroatoms.